The van der Waals surface area contributed by atoms with Crippen LogP contribution in [0.25, 0.3) is 0 Å². The van der Waals surface area contributed by atoms with Crippen molar-refractivity contribution in [3.8, 4) is 0 Å². The number of nitrogen functional groups attached to an aromatic ring is 1. The second-order valence-corrected chi connectivity index (χ2v) is 4.56. The maximum Gasteiger partial charge on any atom is 0.239 e. The van der Waals surface area contributed by atoms with Crippen molar-refractivity contribution in [2.45, 2.75) is 19.8 Å². The molecular formula is C14H19N5. The summed E-state index contributed by atoms with van der Waals surface area (Å²) < 4.78 is 0. The third-order valence-corrected chi connectivity index (χ3v) is 2.94. The number of hydrogen-bond acceptors (Lipinski definition) is 5. The van der Waals surface area contributed by atoms with Gasteiger partial charge in [-0.15, -0.1) is 0 Å². The van der Waals surface area contributed by atoms with Crippen LogP contribution < -0.4 is 16.6 Å². The third kappa shape index (κ3) is 3.66. The van der Waals surface area contributed by atoms with Crippen LogP contribution in [0.4, 0.5) is 11.8 Å². The van der Waals surface area contributed by atoms with Crippen LogP contribution in [0.2, 0.25) is 0 Å². The molecule has 1 atom stereocenters. The highest BCUT2D eigenvalue weighted by atomic mass is 15.3. The van der Waals surface area contributed by atoms with Gasteiger partial charge in [0.25, 0.3) is 0 Å². The number of benzene rings is 1. The number of nitrogens with zero attached hydrogens (tertiary/aromatic N) is 2. The fourth-order valence-electron chi connectivity index (χ4n) is 1.88. The number of anilines is 2. The molecule has 4 N–H and O–H groups in total. The molecule has 1 heterocycles. The zero-order valence-corrected chi connectivity index (χ0v) is 11.2. The molecule has 1 aromatic heterocycles. The Morgan fingerprint density at radius 1 is 1.21 bits per heavy atom. The summed E-state index contributed by atoms with van der Waals surface area (Å²) in [7, 11) is 0. The number of hydrazine groups is 1. The van der Waals surface area contributed by atoms with E-state index in [1.165, 1.54) is 5.56 Å². The minimum absolute atomic E-state index is 0.408. The summed E-state index contributed by atoms with van der Waals surface area (Å²) in [4.78, 5) is 8.41. The van der Waals surface area contributed by atoms with E-state index in [1.54, 1.807) is 0 Å². The van der Waals surface area contributed by atoms with E-state index >= 15 is 0 Å². The Morgan fingerprint density at radius 3 is 2.63 bits per heavy atom. The Labute approximate surface area is 113 Å². The number of nitrogens with two attached hydrogens (primary N) is 1. The summed E-state index contributed by atoms with van der Waals surface area (Å²) in [6.45, 7) is 4.90. The van der Waals surface area contributed by atoms with Crippen molar-refractivity contribution >= 4 is 11.8 Å². The van der Waals surface area contributed by atoms with E-state index in [0.717, 1.165) is 18.1 Å². The topological polar surface area (TPSA) is 75.9 Å². The molecule has 0 fully saturated rings. The normalized spacial score (nSPS) is 11.9. The van der Waals surface area contributed by atoms with Crippen molar-refractivity contribution in [1.82, 2.24) is 9.97 Å². The minimum Gasteiger partial charge on any atom is -0.369 e. The van der Waals surface area contributed by atoms with Gasteiger partial charge in [0.15, 0.2) is 0 Å². The average Bonchev–Trinajstić information content (AvgIpc) is 2.45. The summed E-state index contributed by atoms with van der Waals surface area (Å²) in [6, 6.07) is 12.3. The molecule has 100 valence electrons. The zero-order chi connectivity index (χ0) is 13.7. The van der Waals surface area contributed by atoms with Crippen LogP contribution in [-0.4, -0.2) is 16.5 Å². The van der Waals surface area contributed by atoms with E-state index in [0.29, 0.717) is 11.9 Å². The van der Waals surface area contributed by atoms with Crippen LogP contribution in [0.1, 0.15) is 24.1 Å². The van der Waals surface area contributed by atoms with Gasteiger partial charge in [-0.1, -0.05) is 37.3 Å². The van der Waals surface area contributed by atoms with Crippen molar-refractivity contribution < 1.29 is 0 Å². The summed E-state index contributed by atoms with van der Waals surface area (Å²) >= 11 is 0. The molecule has 0 aliphatic carbocycles. The number of aryl methyl sites for hydroxylation is 1. The van der Waals surface area contributed by atoms with Crippen molar-refractivity contribution in [2.24, 2.45) is 5.84 Å². The number of hydrogen-bond donors (Lipinski definition) is 3. The molecule has 1 unspecified atom stereocenters. The summed E-state index contributed by atoms with van der Waals surface area (Å²) in [5, 5.41) is 3.31. The van der Waals surface area contributed by atoms with Gasteiger partial charge in [0, 0.05) is 18.3 Å². The first-order valence-electron chi connectivity index (χ1n) is 6.30. The summed E-state index contributed by atoms with van der Waals surface area (Å²) in [6.07, 6.45) is 0. The lowest BCUT2D eigenvalue weighted by molar-refractivity contribution is 0.800. The average molecular weight is 257 g/mol. The lowest BCUT2D eigenvalue weighted by Crippen LogP contribution is -2.15. The van der Waals surface area contributed by atoms with E-state index in [9.17, 15) is 0 Å². The van der Waals surface area contributed by atoms with Gasteiger partial charge in [0.2, 0.25) is 5.95 Å². The molecule has 0 aliphatic rings. The highest BCUT2D eigenvalue weighted by molar-refractivity contribution is 5.42. The van der Waals surface area contributed by atoms with Gasteiger partial charge in [0.05, 0.1) is 0 Å². The van der Waals surface area contributed by atoms with E-state index in [4.69, 9.17) is 5.84 Å². The molecule has 1 aromatic carbocycles. The molecule has 2 rings (SSSR count). The number of rotatable bonds is 5. The first kappa shape index (κ1) is 13.3. The monoisotopic (exact) mass is 257 g/mol. The summed E-state index contributed by atoms with van der Waals surface area (Å²) in [5.41, 5.74) is 4.64. The van der Waals surface area contributed by atoms with Gasteiger partial charge in [-0.05, 0) is 18.4 Å². The van der Waals surface area contributed by atoms with Crippen LogP contribution >= 0.6 is 0 Å². The zero-order valence-electron chi connectivity index (χ0n) is 11.2. The SMILES string of the molecule is Cc1cc(NCC(C)c2ccccc2)nc(NN)n1. The smallest absolute Gasteiger partial charge is 0.239 e. The van der Waals surface area contributed by atoms with E-state index in [-0.39, 0.29) is 0 Å². The van der Waals surface area contributed by atoms with Gasteiger partial charge in [-0.25, -0.2) is 10.8 Å². The number of nitrogens with one attached hydrogen (secondary N) is 2. The second kappa shape index (κ2) is 6.15. The molecule has 5 heteroatoms. The standard InChI is InChI=1S/C14H19N5/c1-10(12-6-4-3-5-7-12)9-16-13-8-11(2)17-14(18-13)19-15/h3-8,10H,9,15H2,1-2H3,(H2,16,17,18,19). The molecule has 2 aromatic rings. The maximum atomic E-state index is 5.33. The Morgan fingerprint density at radius 2 is 1.95 bits per heavy atom. The maximum absolute atomic E-state index is 5.33. The fourth-order valence-corrected chi connectivity index (χ4v) is 1.88. The first-order chi connectivity index (χ1) is 9.19. The van der Waals surface area contributed by atoms with Crippen LogP contribution in [0.15, 0.2) is 36.4 Å². The quantitative estimate of drug-likeness (QED) is 0.566. The molecule has 0 saturated heterocycles. The summed E-state index contributed by atoms with van der Waals surface area (Å²) in [5.74, 6) is 6.95. The Balaban J connectivity index is 2.01. The Hall–Kier alpha value is -2.14. The van der Waals surface area contributed by atoms with Gasteiger partial charge < -0.3 is 5.32 Å². The van der Waals surface area contributed by atoms with E-state index < -0.39 is 0 Å². The van der Waals surface area contributed by atoms with Crippen molar-refractivity contribution in [2.75, 3.05) is 17.3 Å². The second-order valence-electron chi connectivity index (χ2n) is 4.56. The first-order valence-corrected chi connectivity index (χ1v) is 6.30. The van der Waals surface area contributed by atoms with E-state index in [1.807, 2.05) is 19.1 Å². The van der Waals surface area contributed by atoms with Crippen LogP contribution in [0, 0.1) is 6.92 Å². The molecule has 0 spiro atoms. The predicted octanol–water partition coefficient (Wildman–Crippen LogP) is 2.29. The lowest BCUT2D eigenvalue weighted by Gasteiger charge is -2.14. The fraction of sp³-hybridized carbons (Fsp3) is 0.286. The Bertz CT molecular complexity index is 527. The van der Waals surface area contributed by atoms with Crippen LogP contribution in [-0.2, 0) is 0 Å². The highest BCUT2D eigenvalue weighted by Crippen LogP contribution is 2.16. The minimum atomic E-state index is 0.408. The van der Waals surface area contributed by atoms with E-state index in [2.05, 4.69) is 51.9 Å². The molecule has 0 bridgehead atoms. The Kier molecular flexibility index (Phi) is 4.30. The van der Waals surface area contributed by atoms with Gasteiger partial charge in [-0.3, -0.25) is 5.43 Å². The molecule has 0 amide bonds. The largest absolute Gasteiger partial charge is 0.369 e. The molecule has 19 heavy (non-hydrogen) atoms. The van der Waals surface area contributed by atoms with Gasteiger partial charge in [0.1, 0.15) is 5.82 Å². The third-order valence-electron chi connectivity index (χ3n) is 2.94. The predicted molar refractivity (Wildman–Crippen MR) is 77.9 cm³/mol. The van der Waals surface area contributed by atoms with Crippen LogP contribution in [0.5, 0.6) is 0 Å². The number of aromatic nitrogens is 2. The van der Waals surface area contributed by atoms with Gasteiger partial charge >= 0.3 is 0 Å². The molecule has 5 nitrogen and oxygen atoms in total. The lowest BCUT2D eigenvalue weighted by atomic mass is 10.0. The molecular weight excluding hydrogens is 238 g/mol. The van der Waals surface area contributed by atoms with Gasteiger partial charge in [-0.2, -0.15) is 4.98 Å². The van der Waals surface area contributed by atoms with Crippen LogP contribution in [0.3, 0.4) is 0 Å². The van der Waals surface area contributed by atoms with Crippen molar-refractivity contribution in [1.29, 1.82) is 0 Å². The van der Waals surface area contributed by atoms with Crippen molar-refractivity contribution in [3.63, 3.8) is 0 Å². The molecule has 0 saturated carbocycles. The van der Waals surface area contributed by atoms with Crippen molar-refractivity contribution in [3.05, 3.63) is 47.7 Å². The molecule has 0 aliphatic heterocycles. The molecule has 0 radical (unpaired) electrons. The highest BCUT2D eigenvalue weighted by Gasteiger charge is 2.06.